The van der Waals surface area contributed by atoms with Crippen LogP contribution in [-0.2, 0) is 0 Å². The van der Waals surface area contributed by atoms with Gasteiger partial charge in [0.25, 0.3) is 0 Å². The molecular weight excluding hydrogens is 321 g/mol. The predicted octanol–water partition coefficient (Wildman–Crippen LogP) is 4.01. The number of carbonyl (C=O) groups excluding carboxylic acids is 1. The fourth-order valence-electron chi connectivity index (χ4n) is 2.53. The van der Waals surface area contributed by atoms with E-state index >= 15 is 0 Å². The monoisotopic (exact) mass is 335 g/mol. The summed E-state index contributed by atoms with van der Waals surface area (Å²) in [6.45, 7) is 3.60. The molecule has 0 spiro atoms. The molecular formula is C19H14FN3O2. The first-order chi connectivity index (χ1) is 12.0. The molecule has 25 heavy (non-hydrogen) atoms. The van der Waals surface area contributed by atoms with Crippen molar-refractivity contribution in [3.8, 4) is 11.8 Å². The van der Waals surface area contributed by atoms with Gasteiger partial charge >= 0.3 is 0 Å². The first-order valence-corrected chi connectivity index (χ1v) is 7.53. The lowest BCUT2D eigenvalue weighted by atomic mass is 10.1. The summed E-state index contributed by atoms with van der Waals surface area (Å²) < 4.78 is 19.8. The zero-order valence-electron chi connectivity index (χ0n) is 13.7. The van der Waals surface area contributed by atoms with Crippen molar-refractivity contribution in [2.45, 2.75) is 13.8 Å². The summed E-state index contributed by atoms with van der Waals surface area (Å²) >= 11 is 0. The lowest BCUT2D eigenvalue weighted by Crippen LogP contribution is -2.01. The lowest BCUT2D eigenvalue weighted by molar-refractivity contribution is 0.101. The van der Waals surface area contributed by atoms with Crippen LogP contribution in [0.1, 0.15) is 27.5 Å². The average Bonchev–Trinajstić information content (AvgIpc) is 3.23. The van der Waals surface area contributed by atoms with Gasteiger partial charge in [0.15, 0.2) is 5.76 Å². The third-order valence-electron chi connectivity index (χ3n) is 3.82. The molecule has 0 unspecified atom stereocenters. The van der Waals surface area contributed by atoms with Gasteiger partial charge in [-0.15, -0.1) is 0 Å². The lowest BCUT2D eigenvalue weighted by Gasteiger charge is -2.04. The molecule has 0 N–H and O–H groups in total. The molecule has 0 radical (unpaired) electrons. The predicted molar refractivity (Wildman–Crippen MR) is 89.6 cm³/mol. The Hall–Kier alpha value is -3.46. The number of Topliss-reactive ketones (excluding diaryl/α,β-unsaturated/α-hetero) is 1. The normalized spacial score (nSPS) is 11.4. The molecule has 0 bridgehead atoms. The molecule has 0 aliphatic heterocycles. The number of halogens is 1. The van der Waals surface area contributed by atoms with Crippen molar-refractivity contribution < 1.29 is 13.6 Å². The SMILES string of the molecule is Cc1nn(-c2ccc(F)cc2)c(C)c1/C=C(\C#N)C(=O)c1ccco1. The van der Waals surface area contributed by atoms with Crippen molar-refractivity contribution in [1.29, 1.82) is 5.26 Å². The van der Waals surface area contributed by atoms with Gasteiger partial charge in [-0.05, 0) is 56.3 Å². The van der Waals surface area contributed by atoms with Crippen LogP contribution in [0.25, 0.3) is 11.8 Å². The van der Waals surface area contributed by atoms with Crippen LogP contribution < -0.4 is 0 Å². The zero-order valence-corrected chi connectivity index (χ0v) is 13.7. The molecule has 2 aromatic heterocycles. The number of ketones is 1. The molecule has 0 aliphatic carbocycles. The number of hydrogen-bond donors (Lipinski definition) is 0. The first kappa shape index (κ1) is 16.4. The van der Waals surface area contributed by atoms with Crippen molar-refractivity contribution in [2.24, 2.45) is 0 Å². The Labute approximate surface area is 143 Å². The van der Waals surface area contributed by atoms with Gasteiger partial charge < -0.3 is 4.42 Å². The van der Waals surface area contributed by atoms with Crippen LogP contribution in [0.5, 0.6) is 0 Å². The summed E-state index contributed by atoms with van der Waals surface area (Å²) in [5.41, 5.74) is 2.71. The van der Waals surface area contributed by atoms with E-state index in [1.165, 1.54) is 30.5 Å². The van der Waals surface area contributed by atoms with Crippen LogP contribution in [0.4, 0.5) is 4.39 Å². The molecule has 6 heteroatoms. The molecule has 1 aromatic carbocycles. The van der Waals surface area contributed by atoms with Crippen molar-refractivity contribution in [3.05, 3.63) is 76.8 Å². The minimum atomic E-state index is -0.485. The van der Waals surface area contributed by atoms with Crippen LogP contribution in [0, 0.1) is 31.0 Å². The number of nitrogens with zero attached hydrogens (tertiary/aromatic N) is 3. The minimum Gasteiger partial charge on any atom is -0.461 e. The number of aryl methyl sites for hydroxylation is 1. The fourth-order valence-corrected chi connectivity index (χ4v) is 2.53. The van der Waals surface area contributed by atoms with Crippen LogP contribution in [0.15, 0.2) is 52.7 Å². The van der Waals surface area contributed by atoms with Crippen molar-refractivity contribution in [1.82, 2.24) is 9.78 Å². The Morgan fingerprint density at radius 2 is 2.00 bits per heavy atom. The maximum Gasteiger partial charge on any atom is 0.238 e. The molecule has 5 nitrogen and oxygen atoms in total. The van der Waals surface area contributed by atoms with Gasteiger partial charge in [-0.2, -0.15) is 10.4 Å². The summed E-state index contributed by atoms with van der Waals surface area (Å²) in [6, 6.07) is 10.9. The van der Waals surface area contributed by atoms with E-state index < -0.39 is 5.78 Å². The third-order valence-corrected chi connectivity index (χ3v) is 3.82. The highest BCUT2D eigenvalue weighted by Crippen LogP contribution is 2.22. The molecule has 0 fully saturated rings. The van der Waals surface area contributed by atoms with E-state index in [0.717, 1.165) is 5.69 Å². The quantitative estimate of drug-likeness (QED) is 0.410. The Morgan fingerprint density at radius 3 is 2.60 bits per heavy atom. The molecule has 2 heterocycles. The second-order valence-electron chi connectivity index (χ2n) is 5.45. The maximum absolute atomic E-state index is 13.1. The van der Waals surface area contributed by atoms with E-state index in [1.54, 1.807) is 29.8 Å². The van der Waals surface area contributed by atoms with E-state index in [1.807, 2.05) is 13.0 Å². The van der Waals surface area contributed by atoms with Crippen LogP contribution in [0.3, 0.4) is 0 Å². The highest BCUT2D eigenvalue weighted by molar-refractivity contribution is 6.12. The number of furan rings is 1. The maximum atomic E-state index is 13.1. The number of benzene rings is 1. The minimum absolute atomic E-state index is 0.0418. The van der Waals surface area contributed by atoms with Gasteiger partial charge in [-0.1, -0.05) is 0 Å². The highest BCUT2D eigenvalue weighted by Gasteiger charge is 2.18. The summed E-state index contributed by atoms with van der Waals surface area (Å²) in [7, 11) is 0. The summed E-state index contributed by atoms with van der Waals surface area (Å²) in [6.07, 6.45) is 2.88. The van der Waals surface area contributed by atoms with Gasteiger partial charge in [0.2, 0.25) is 5.78 Å². The van der Waals surface area contributed by atoms with Crippen LogP contribution in [0.2, 0.25) is 0 Å². The molecule has 124 valence electrons. The third kappa shape index (κ3) is 3.12. The number of allylic oxidation sites excluding steroid dienone is 1. The van der Waals surface area contributed by atoms with E-state index in [2.05, 4.69) is 5.10 Å². The Bertz CT molecular complexity index is 991. The van der Waals surface area contributed by atoms with Crippen LogP contribution in [-0.4, -0.2) is 15.6 Å². The molecule has 0 atom stereocenters. The molecule has 3 rings (SSSR count). The Balaban J connectivity index is 2.04. The molecule has 3 aromatic rings. The smallest absolute Gasteiger partial charge is 0.238 e. The Kier molecular flexibility index (Phi) is 4.31. The van der Waals surface area contributed by atoms with Crippen LogP contribution >= 0.6 is 0 Å². The van der Waals surface area contributed by atoms with E-state index in [0.29, 0.717) is 16.9 Å². The second kappa shape index (κ2) is 6.57. The Morgan fingerprint density at radius 1 is 1.28 bits per heavy atom. The molecule has 0 saturated heterocycles. The number of carbonyl (C=O) groups is 1. The first-order valence-electron chi connectivity index (χ1n) is 7.53. The van der Waals surface area contributed by atoms with Gasteiger partial charge in [0.05, 0.1) is 17.6 Å². The second-order valence-corrected chi connectivity index (χ2v) is 5.45. The van der Waals surface area contributed by atoms with Gasteiger partial charge in [0, 0.05) is 11.3 Å². The van der Waals surface area contributed by atoms with Gasteiger partial charge in [-0.3, -0.25) is 4.79 Å². The number of rotatable bonds is 4. The van der Waals surface area contributed by atoms with Crippen molar-refractivity contribution >= 4 is 11.9 Å². The molecule has 0 amide bonds. The summed E-state index contributed by atoms with van der Waals surface area (Å²) in [5, 5.41) is 13.8. The van der Waals surface area contributed by atoms with E-state index in [-0.39, 0.29) is 17.2 Å². The largest absolute Gasteiger partial charge is 0.461 e. The standard InChI is InChI=1S/C19H14FN3O2/c1-12-17(10-14(11-21)19(24)18-4-3-9-25-18)13(2)23(22-12)16-7-5-15(20)6-8-16/h3-10H,1-2H3/b14-10+. The zero-order chi connectivity index (χ0) is 18.0. The fraction of sp³-hybridized carbons (Fsp3) is 0.105. The topological polar surface area (TPSA) is 71.8 Å². The summed E-state index contributed by atoms with van der Waals surface area (Å²) in [4.78, 5) is 12.3. The van der Waals surface area contributed by atoms with Gasteiger partial charge in [-0.25, -0.2) is 9.07 Å². The van der Waals surface area contributed by atoms with Gasteiger partial charge in [0.1, 0.15) is 17.5 Å². The molecule has 0 aliphatic rings. The number of aromatic nitrogens is 2. The number of nitriles is 1. The van der Waals surface area contributed by atoms with E-state index in [9.17, 15) is 14.4 Å². The van der Waals surface area contributed by atoms with Crippen molar-refractivity contribution in [3.63, 3.8) is 0 Å². The average molecular weight is 335 g/mol. The summed E-state index contributed by atoms with van der Waals surface area (Å²) in [5.74, 6) is -0.712. The van der Waals surface area contributed by atoms with Crippen molar-refractivity contribution in [2.75, 3.05) is 0 Å². The van der Waals surface area contributed by atoms with E-state index in [4.69, 9.17) is 4.42 Å². The number of hydrogen-bond acceptors (Lipinski definition) is 4. The highest BCUT2D eigenvalue weighted by atomic mass is 19.1. The molecule has 0 saturated carbocycles.